The molecule has 4 N–H and O–H groups in total. The van der Waals surface area contributed by atoms with Gasteiger partial charge in [0.2, 0.25) is 0 Å². The first-order chi connectivity index (χ1) is 10.8. The van der Waals surface area contributed by atoms with Crippen LogP contribution in [0.2, 0.25) is 0 Å². The van der Waals surface area contributed by atoms with E-state index in [9.17, 15) is 13.2 Å². The highest BCUT2D eigenvalue weighted by atomic mass is 19.4. The van der Waals surface area contributed by atoms with Crippen LogP contribution in [0.25, 0.3) is 0 Å². The zero-order chi connectivity index (χ0) is 17.3. The number of allylic oxidation sites excluding steroid dienone is 1. The van der Waals surface area contributed by atoms with Crippen molar-refractivity contribution in [1.29, 1.82) is 0 Å². The molecule has 0 bridgehead atoms. The van der Waals surface area contributed by atoms with Gasteiger partial charge in [-0.3, -0.25) is 0 Å². The van der Waals surface area contributed by atoms with Crippen molar-refractivity contribution in [3.8, 4) is 0 Å². The highest BCUT2D eigenvalue weighted by Gasteiger charge is 2.15. The number of ether oxygens (including phenoxy) is 1. The molecule has 1 aromatic heterocycles. The number of hydrogen-bond donors (Lipinski definition) is 2. The van der Waals surface area contributed by atoms with Crippen LogP contribution in [-0.2, 0) is 11.3 Å². The zero-order valence-electron chi connectivity index (χ0n) is 12.7. The minimum atomic E-state index is -4.00. The van der Waals surface area contributed by atoms with Gasteiger partial charge < -0.3 is 16.2 Å². The fraction of sp³-hybridized carbons (Fsp3) is 0.333. The van der Waals surface area contributed by atoms with Crippen molar-refractivity contribution in [1.82, 2.24) is 4.98 Å². The Bertz CT molecular complexity index is 589. The lowest BCUT2D eigenvalue weighted by atomic mass is 10.2. The van der Waals surface area contributed by atoms with E-state index in [1.165, 1.54) is 6.20 Å². The van der Waals surface area contributed by atoms with E-state index in [0.717, 1.165) is 17.7 Å². The molecule has 1 aliphatic heterocycles. The number of aromatic nitrogens is 1. The SMILES string of the molecule is CC(F)(F)F.N/C=C\C(=Nc1cc(CN)ccn1)C1=CCCO1. The normalized spacial score (nSPS) is 15.0. The van der Waals surface area contributed by atoms with E-state index in [0.29, 0.717) is 24.7 Å². The fourth-order valence-electron chi connectivity index (χ4n) is 1.63. The third-order valence-electron chi connectivity index (χ3n) is 2.49. The summed E-state index contributed by atoms with van der Waals surface area (Å²) < 4.78 is 36.5. The van der Waals surface area contributed by atoms with Gasteiger partial charge in [-0.2, -0.15) is 13.2 Å². The lowest BCUT2D eigenvalue weighted by molar-refractivity contribution is -0.110. The maximum Gasteiger partial charge on any atom is 0.386 e. The second kappa shape index (κ2) is 8.94. The van der Waals surface area contributed by atoms with Crippen molar-refractivity contribution >= 4 is 11.5 Å². The number of hydrogen-bond acceptors (Lipinski definition) is 5. The van der Waals surface area contributed by atoms with Crippen molar-refractivity contribution in [2.75, 3.05) is 6.61 Å². The van der Waals surface area contributed by atoms with Gasteiger partial charge in [0.05, 0.1) is 6.61 Å². The number of aliphatic imine (C=N–C) groups is 1. The predicted octanol–water partition coefficient (Wildman–Crippen LogP) is 2.96. The van der Waals surface area contributed by atoms with Crippen LogP contribution in [0, 0.1) is 0 Å². The lowest BCUT2D eigenvalue weighted by Gasteiger charge is -2.04. The number of halogens is 3. The Morgan fingerprint density at radius 1 is 1.48 bits per heavy atom. The monoisotopic (exact) mass is 328 g/mol. The smallest absolute Gasteiger partial charge is 0.386 e. The fourth-order valence-corrected chi connectivity index (χ4v) is 1.63. The zero-order valence-corrected chi connectivity index (χ0v) is 12.7. The molecule has 0 atom stereocenters. The molecule has 0 saturated heterocycles. The van der Waals surface area contributed by atoms with Crippen LogP contribution in [0.1, 0.15) is 18.9 Å². The van der Waals surface area contributed by atoms with E-state index in [1.807, 2.05) is 18.2 Å². The molecule has 1 aromatic rings. The van der Waals surface area contributed by atoms with Gasteiger partial charge in [-0.15, -0.1) is 0 Å². The summed E-state index contributed by atoms with van der Waals surface area (Å²) in [6.07, 6.45) is 3.71. The van der Waals surface area contributed by atoms with E-state index in [2.05, 4.69) is 9.98 Å². The van der Waals surface area contributed by atoms with E-state index in [1.54, 1.807) is 12.3 Å². The average molecular weight is 328 g/mol. The van der Waals surface area contributed by atoms with Gasteiger partial charge in [-0.1, -0.05) is 0 Å². The minimum Gasteiger partial charge on any atom is -0.491 e. The maximum atomic E-state index is 10.4. The molecule has 0 aliphatic carbocycles. The van der Waals surface area contributed by atoms with Gasteiger partial charge in [0.1, 0.15) is 11.5 Å². The summed E-state index contributed by atoms with van der Waals surface area (Å²) >= 11 is 0. The molecule has 126 valence electrons. The second-order valence-corrected chi connectivity index (χ2v) is 4.57. The summed E-state index contributed by atoms with van der Waals surface area (Å²) in [6, 6.07) is 3.71. The molecule has 0 radical (unpaired) electrons. The summed E-state index contributed by atoms with van der Waals surface area (Å²) in [7, 11) is 0. The van der Waals surface area contributed by atoms with Crippen LogP contribution in [0.15, 0.2) is 47.4 Å². The summed E-state index contributed by atoms with van der Waals surface area (Å²) in [6.45, 7) is 1.34. The number of pyridine rings is 1. The van der Waals surface area contributed by atoms with Crippen molar-refractivity contribution in [2.24, 2.45) is 16.5 Å². The minimum absolute atomic E-state index is 0.188. The molecule has 2 heterocycles. The molecule has 0 unspecified atom stereocenters. The number of alkyl halides is 3. The maximum absolute atomic E-state index is 10.4. The molecule has 8 heteroatoms. The molecular formula is C15H19F3N4O. The highest BCUT2D eigenvalue weighted by Crippen LogP contribution is 2.17. The van der Waals surface area contributed by atoms with Crippen molar-refractivity contribution in [3.05, 3.63) is 48.0 Å². The van der Waals surface area contributed by atoms with Crippen LogP contribution in [-0.4, -0.2) is 23.5 Å². The first-order valence-electron chi connectivity index (χ1n) is 6.85. The third-order valence-corrected chi connectivity index (χ3v) is 2.49. The van der Waals surface area contributed by atoms with Gasteiger partial charge in [0, 0.05) is 26.1 Å². The lowest BCUT2D eigenvalue weighted by Crippen LogP contribution is -2.02. The summed E-state index contributed by atoms with van der Waals surface area (Å²) in [4.78, 5) is 8.61. The van der Waals surface area contributed by atoms with Gasteiger partial charge in [0.15, 0.2) is 5.82 Å². The number of nitrogens with two attached hydrogens (primary N) is 2. The molecular weight excluding hydrogens is 309 g/mol. The first kappa shape index (κ1) is 18.7. The molecule has 2 rings (SSSR count). The third kappa shape index (κ3) is 8.01. The number of nitrogens with zero attached hydrogens (tertiary/aromatic N) is 2. The van der Waals surface area contributed by atoms with Gasteiger partial charge in [-0.05, 0) is 36.0 Å². The molecule has 0 spiro atoms. The average Bonchev–Trinajstić information content (AvgIpc) is 2.99. The van der Waals surface area contributed by atoms with Gasteiger partial charge >= 0.3 is 6.18 Å². The van der Waals surface area contributed by atoms with Crippen LogP contribution in [0.4, 0.5) is 19.0 Å². The van der Waals surface area contributed by atoms with E-state index in [4.69, 9.17) is 16.2 Å². The van der Waals surface area contributed by atoms with Crippen LogP contribution < -0.4 is 11.5 Å². The van der Waals surface area contributed by atoms with Crippen LogP contribution >= 0.6 is 0 Å². The Kier molecular flexibility index (Phi) is 7.27. The van der Waals surface area contributed by atoms with Crippen LogP contribution in [0.3, 0.4) is 0 Å². The summed E-state index contributed by atoms with van der Waals surface area (Å²) in [5.41, 5.74) is 12.7. The van der Waals surface area contributed by atoms with Crippen molar-refractivity contribution in [2.45, 2.75) is 26.1 Å². The quantitative estimate of drug-likeness (QED) is 0.832. The summed E-state index contributed by atoms with van der Waals surface area (Å²) in [5.74, 6) is 1.35. The molecule has 0 fully saturated rings. The molecule has 0 aromatic carbocycles. The van der Waals surface area contributed by atoms with E-state index in [-0.39, 0.29) is 6.92 Å². The molecule has 0 amide bonds. The largest absolute Gasteiger partial charge is 0.491 e. The predicted molar refractivity (Wildman–Crippen MR) is 82.9 cm³/mol. The van der Waals surface area contributed by atoms with E-state index >= 15 is 0 Å². The molecule has 0 saturated carbocycles. The Morgan fingerprint density at radius 3 is 2.70 bits per heavy atom. The van der Waals surface area contributed by atoms with E-state index < -0.39 is 6.18 Å². The highest BCUT2D eigenvalue weighted by molar-refractivity contribution is 6.08. The topological polar surface area (TPSA) is 86.5 Å². The first-order valence-corrected chi connectivity index (χ1v) is 6.85. The Hall–Kier alpha value is -2.35. The number of rotatable bonds is 4. The molecule has 5 nitrogen and oxygen atoms in total. The van der Waals surface area contributed by atoms with Crippen molar-refractivity contribution < 1.29 is 17.9 Å². The standard InChI is InChI=1S/C13H16N4O.C2H3F3/c14-5-3-11(12-2-1-7-18-12)17-13-8-10(9-15)4-6-16-13;1-2(3,4)5/h2-6,8H,1,7,9,14-15H2;1H3/b5-3-,17-11?;. The Morgan fingerprint density at radius 2 is 2.17 bits per heavy atom. The Balaban J connectivity index is 0.000000463. The summed E-state index contributed by atoms with van der Waals surface area (Å²) in [5, 5.41) is 0. The van der Waals surface area contributed by atoms with Gasteiger partial charge in [-0.25, -0.2) is 9.98 Å². The Labute approximate surface area is 132 Å². The molecule has 1 aliphatic rings. The van der Waals surface area contributed by atoms with Crippen molar-refractivity contribution in [3.63, 3.8) is 0 Å². The second-order valence-electron chi connectivity index (χ2n) is 4.57. The van der Waals surface area contributed by atoms with Crippen LogP contribution in [0.5, 0.6) is 0 Å². The molecule has 23 heavy (non-hydrogen) atoms. The van der Waals surface area contributed by atoms with Gasteiger partial charge in [0.25, 0.3) is 0 Å².